The number of methoxy groups -OCH3 is 1. The lowest BCUT2D eigenvalue weighted by Crippen LogP contribution is -2.34. The van der Waals surface area contributed by atoms with E-state index in [4.69, 9.17) is 19.3 Å². The maximum absolute atomic E-state index is 12.6. The van der Waals surface area contributed by atoms with Crippen molar-refractivity contribution in [2.24, 2.45) is 11.8 Å². The van der Waals surface area contributed by atoms with Gasteiger partial charge in [0.1, 0.15) is 5.75 Å². The normalized spacial score (nSPS) is 13.8. The number of amides is 1. The van der Waals surface area contributed by atoms with Crippen molar-refractivity contribution in [2.75, 3.05) is 13.7 Å². The van der Waals surface area contributed by atoms with Gasteiger partial charge in [-0.05, 0) is 53.6 Å². The Bertz CT molecular complexity index is 972. The summed E-state index contributed by atoms with van der Waals surface area (Å²) in [5, 5.41) is 13.5. The number of aliphatic carboxylic acids is 1. The molecular weight excluding hydrogens is 426 g/mol. The number of hydrogen-bond donors (Lipinski definition) is 2. The topological polar surface area (TPSA) is 111 Å². The first-order valence-corrected chi connectivity index (χ1v) is 11.0. The second-order valence-electron chi connectivity index (χ2n) is 8.58. The van der Waals surface area contributed by atoms with Crippen molar-refractivity contribution in [3.05, 3.63) is 42.0 Å². The van der Waals surface area contributed by atoms with Crippen LogP contribution in [-0.2, 0) is 19.1 Å². The van der Waals surface area contributed by atoms with Gasteiger partial charge in [0.05, 0.1) is 13.0 Å². The van der Waals surface area contributed by atoms with Crippen LogP contribution in [0.5, 0.6) is 5.75 Å². The van der Waals surface area contributed by atoms with Crippen LogP contribution >= 0.6 is 0 Å². The van der Waals surface area contributed by atoms with E-state index in [-0.39, 0.29) is 18.9 Å². The quantitative estimate of drug-likeness (QED) is 0.370. The first kappa shape index (κ1) is 26.0. The van der Waals surface area contributed by atoms with Gasteiger partial charge in [0.2, 0.25) is 6.29 Å². The number of carboxylic acids is 1. The maximum Gasteiger partial charge on any atom is 0.410 e. The number of hydrogen-bond acceptors (Lipinski definition) is 6. The summed E-state index contributed by atoms with van der Waals surface area (Å²) in [6.07, 6.45) is -1.24. The number of alkyl carbamates (subject to hydrolysis) is 1. The molecule has 1 unspecified atom stereocenters. The Balaban J connectivity index is 1.89. The van der Waals surface area contributed by atoms with E-state index in [0.717, 1.165) is 22.1 Å². The average molecular weight is 460 g/mol. The zero-order valence-corrected chi connectivity index (χ0v) is 19.8. The zero-order chi connectivity index (χ0) is 24.5. The second-order valence-corrected chi connectivity index (χ2v) is 8.58. The fraction of sp³-hybridized carbons (Fsp3) is 0.480. The molecule has 0 saturated carbocycles. The maximum atomic E-state index is 12.6. The molecule has 0 aliphatic heterocycles. The van der Waals surface area contributed by atoms with Gasteiger partial charge in [0, 0.05) is 19.9 Å². The Labute approximate surface area is 194 Å². The summed E-state index contributed by atoms with van der Waals surface area (Å²) in [7, 11) is 1.61. The second kappa shape index (κ2) is 12.1. The van der Waals surface area contributed by atoms with Gasteiger partial charge in [-0.25, -0.2) is 4.79 Å². The first-order valence-electron chi connectivity index (χ1n) is 11.0. The summed E-state index contributed by atoms with van der Waals surface area (Å²) >= 11 is 0. The SMILES string of the molecule is COc1ccc2cc([C@H](C)C(=O)OC(C)OC(=O)NC[C@H](CC(=O)O)CC(C)C)ccc2c1. The molecule has 0 aliphatic carbocycles. The van der Waals surface area contributed by atoms with E-state index in [1.165, 1.54) is 6.92 Å². The van der Waals surface area contributed by atoms with Crippen LogP contribution in [-0.4, -0.2) is 43.1 Å². The number of carbonyl (C=O) groups is 3. The van der Waals surface area contributed by atoms with Gasteiger partial charge in [0.25, 0.3) is 0 Å². The average Bonchev–Trinajstić information content (AvgIpc) is 2.75. The number of esters is 1. The van der Waals surface area contributed by atoms with Crippen LogP contribution in [0, 0.1) is 11.8 Å². The summed E-state index contributed by atoms with van der Waals surface area (Å²) in [6, 6.07) is 11.4. The highest BCUT2D eigenvalue weighted by Crippen LogP contribution is 2.26. The van der Waals surface area contributed by atoms with Crippen LogP contribution in [0.2, 0.25) is 0 Å². The molecule has 0 spiro atoms. The predicted octanol–water partition coefficient (Wildman–Crippen LogP) is 4.70. The highest BCUT2D eigenvalue weighted by Gasteiger charge is 2.22. The summed E-state index contributed by atoms with van der Waals surface area (Å²) in [4.78, 5) is 35.6. The molecule has 0 aliphatic rings. The molecule has 2 N–H and O–H groups in total. The minimum absolute atomic E-state index is 0.0426. The molecule has 0 saturated heterocycles. The first-order chi connectivity index (χ1) is 15.6. The molecule has 3 atom stereocenters. The van der Waals surface area contributed by atoms with Crippen LogP contribution in [0.4, 0.5) is 4.79 Å². The van der Waals surface area contributed by atoms with Crippen LogP contribution in [0.1, 0.15) is 52.0 Å². The van der Waals surface area contributed by atoms with Crippen molar-refractivity contribution >= 4 is 28.8 Å². The van der Waals surface area contributed by atoms with Gasteiger partial charge in [-0.3, -0.25) is 9.59 Å². The third-order valence-corrected chi connectivity index (χ3v) is 5.28. The molecule has 0 heterocycles. The molecule has 8 heteroatoms. The number of carboxylic acid groups (broad SMARTS) is 1. The third kappa shape index (κ3) is 8.29. The highest BCUT2D eigenvalue weighted by molar-refractivity contribution is 5.86. The van der Waals surface area contributed by atoms with Crippen molar-refractivity contribution in [1.82, 2.24) is 5.32 Å². The van der Waals surface area contributed by atoms with Crippen LogP contribution in [0.3, 0.4) is 0 Å². The summed E-state index contributed by atoms with van der Waals surface area (Å²) in [6.45, 7) is 7.33. The summed E-state index contributed by atoms with van der Waals surface area (Å²) in [5.74, 6) is -1.15. The third-order valence-electron chi connectivity index (χ3n) is 5.28. The van der Waals surface area contributed by atoms with Crippen LogP contribution in [0.25, 0.3) is 10.8 Å². The number of rotatable bonds is 11. The van der Waals surface area contributed by atoms with Crippen molar-refractivity contribution in [3.63, 3.8) is 0 Å². The number of benzene rings is 2. The molecule has 180 valence electrons. The van der Waals surface area contributed by atoms with Gasteiger partial charge < -0.3 is 24.6 Å². The van der Waals surface area contributed by atoms with E-state index in [1.807, 2.05) is 50.2 Å². The number of carbonyl (C=O) groups excluding carboxylic acids is 2. The van der Waals surface area contributed by atoms with Crippen molar-refractivity contribution in [1.29, 1.82) is 0 Å². The molecule has 0 aromatic heterocycles. The Morgan fingerprint density at radius 1 is 0.970 bits per heavy atom. The van der Waals surface area contributed by atoms with Gasteiger partial charge in [-0.2, -0.15) is 0 Å². The largest absolute Gasteiger partial charge is 0.497 e. The summed E-state index contributed by atoms with van der Waals surface area (Å²) in [5.41, 5.74) is 0.777. The zero-order valence-electron chi connectivity index (χ0n) is 19.8. The number of ether oxygens (including phenoxy) is 3. The lowest BCUT2D eigenvalue weighted by molar-refractivity contribution is -0.166. The Kier molecular flexibility index (Phi) is 9.51. The van der Waals surface area contributed by atoms with Gasteiger partial charge in [0.15, 0.2) is 0 Å². The molecular formula is C25H33NO7. The van der Waals surface area contributed by atoms with Crippen LogP contribution < -0.4 is 10.1 Å². The van der Waals surface area contributed by atoms with E-state index >= 15 is 0 Å². The molecule has 0 radical (unpaired) electrons. The molecule has 8 nitrogen and oxygen atoms in total. The molecule has 2 rings (SSSR count). The van der Waals surface area contributed by atoms with Crippen LogP contribution in [0.15, 0.2) is 36.4 Å². The van der Waals surface area contributed by atoms with E-state index in [2.05, 4.69) is 5.32 Å². The lowest BCUT2D eigenvalue weighted by Gasteiger charge is -2.20. The van der Waals surface area contributed by atoms with Gasteiger partial charge >= 0.3 is 18.0 Å². The monoisotopic (exact) mass is 459 g/mol. The van der Waals surface area contributed by atoms with Crippen molar-refractivity contribution < 1.29 is 33.7 Å². The summed E-state index contributed by atoms with van der Waals surface area (Å²) < 4.78 is 15.6. The van der Waals surface area contributed by atoms with Gasteiger partial charge in [-0.1, -0.05) is 38.1 Å². The fourth-order valence-electron chi connectivity index (χ4n) is 3.64. The van der Waals surface area contributed by atoms with E-state index in [9.17, 15) is 14.4 Å². The minimum atomic E-state index is -1.09. The standard InChI is InChI=1S/C25H33NO7/c1-15(2)10-18(11-23(27)28)14-26-25(30)33-17(4)32-24(29)16(3)19-6-7-21-13-22(31-5)9-8-20(21)12-19/h6-9,12-13,15-18H,10-11,14H2,1-5H3,(H,26,30)(H,27,28)/t16-,17?,18-/m0/s1. The minimum Gasteiger partial charge on any atom is -0.497 e. The molecule has 2 aromatic rings. The van der Waals surface area contributed by atoms with Gasteiger partial charge in [-0.15, -0.1) is 0 Å². The molecule has 1 amide bonds. The predicted molar refractivity (Wildman–Crippen MR) is 124 cm³/mol. The lowest BCUT2D eigenvalue weighted by atomic mass is 9.94. The Hall–Kier alpha value is -3.29. The molecule has 0 bridgehead atoms. The number of fused-ring (bicyclic) bond motifs is 1. The van der Waals surface area contributed by atoms with Crippen molar-refractivity contribution in [3.8, 4) is 5.75 Å². The smallest absolute Gasteiger partial charge is 0.410 e. The fourth-order valence-corrected chi connectivity index (χ4v) is 3.64. The highest BCUT2D eigenvalue weighted by atomic mass is 16.7. The molecule has 33 heavy (non-hydrogen) atoms. The molecule has 2 aromatic carbocycles. The van der Waals surface area contributed by atoms with E-state index in [0.29, 0.717) is 12.3 Å². The Morgan fingerprint density at radius 2 is 1.64 bits per heavy atom. The van der Waals surface area contributed by atoms with E-state index in [1.54, 1.807) is 14.0 Å². The molecule has 0 fully saturated rings. The van der Waals surface area contributed by atoms with Crippen molar-refractivity contribution in [2.45, 2.75) is 52.7 Å². The van der Waals surface area contributed by atoms with E-state index < -0.39 is 30.2 Å². The Morgan fingerprint density at radius 3 is 2.27 bits per heavy atom. The number of nitrogens with one attached hydrogen (secondary N) is 1.